The Morgan fingerprint density at radius 3 is 2.90 bits per heavy atom. The zero-order chi connectivity index (χ0) is 14.4. The lowest BCUT2D eigenvalue weighted by molar-refractivity contribution is 0.0881. The largest absolute Gasteiger partial charge is 0.465 e. The highest BCUT2D eigenvalue weighted by molar-refractivity contribution is 6.35. The zero-order valence-electron chi connectivity index (χ0n) is 10.3. The average Bonchev–Trinajstić information content (AvgIpc) is 2.41. The molecule has 2 aliphatic rings. The van der Waals surface area contributed by atoms with E-state index in [1.54, 1.807) is 0 Å². The summed E-state index contributed by atoms with van der Waals surface area (Å²) in [6.45, 7) is 0.887. The fourth-order valence-electron chi connectivity index (χ4n) is 2.59. The Hall–Kier alpha value is -2.02. The Labute approximate surface area is 118 Å². The average molecular weight is 300 g/mol. The summed E-state index contributed by atoms with van der Waals surface area (Å²) in [7, 11) is 0. The van der Waals surface area contributed by atoms with Crippen molar-refractivity contribution in [3.8, 4) is 0 Å². The lowest BCUT2D eigenvalue weighted by Gasteiger charge is -2.45. The van der Waals surface area contributed by atoms with Crippen molar-refractivity contribution in [1.29, 1.82) is 0 Å². The molecule has 1 atom stereocenters. The van der Waals surface area contributed by atoms with E-state index in [1.165, 1.54) is 17.0 Å². The quantitative estimate of drug-likeness (QED) is 0.758. The van der Waals surface area contributed by atoms with E-state index < -0.39 is 24.0 Å². The van der Waals surface area contributed by atoms with Gasteiger partial charge in [-0.15, -0.1) is 0 Å². The second kappa shape index (κ2) is 4.52. The van der Waals surface area contributed by atoms with Crippen molar-refractivity contribution >= 4 is 29.3 Å². The highest BCUT2D eigenvalue weighted by Gasteiger charge is 2.37. The van der Waals surface area contributed by atoms with E-state index in [2.05, 4.69) is 5.32 Å². The third-order valence-electron chi connectivity index (χ3n) is 3.56. The van der Waals surface area contributed by atoms with Gasteiger partial charge in [-0.1, -0.05) is 11.6 Å². The summed E-state index contributed by atoms with van der Waals surface area (Å²) in [5, 5.41) is 11.4. The van der Waals surface area contributed by atoms with Gasteiger partial charge >= 0.3 is 6.09 Å². The Morgan fingerprint density at radius 1 is 1.45 bits per heavy atom. The number of rotatable bonds is 0. The molecule has 0 bridgehead atoms. The van der Waals surface area contributed by atoms with E-state index in [9.17, 15) is 14.0 Å². The van der Waals surface area contributed by atoms with Crippen molar-refractivity contribution in [1.82, 2.24) is 10.2 Å². The fraction of sp³-hybridized carbons (Fsp3) is 0.333. The number of halogens is 2. The van der Waals surface area contributed by atoms with Gasteiger partial charge in [0.1, 0.15) is 12.0 Å². The van der Waals surface area contributed by atoms with Gasteiger partial charge in [0.2, 0.25) is 0 Å². The van der Waals surface area contributed by atoms with E-state index in [0.29, 0.717) is 18.8 Å². The summed E-state index contributed by atoms with van der Waals surface area (Å²) in [5.41, 5.74) is 0.641. The first kappa shape index (κ1) is 13.0. The van der Waals surface area contributed by atoms with Crippen LogP contribution in [0.1, 0.15) is 10.4 Å². The molecule has 2 N–H and O–H groups in total. The van der Waals surface area contributed by atoms with Crippen LogP contribution in [0.15, 0.2) is 12.1 Å². The molecule has 20 heavy (non-hydrogen) atoms. The number of nitrogens with one attached hydrogen (secondary N) is 1. The lowest BCUT2D eigenvalue weighted by atomic mass is 10.0. The molecular weight excluding hydrogens is 289 g/mol. The second-order valence-corrected chi connectivity index (χ2v) is 5.04. The molecule has 8 heteroatoms. The number of anilines is 1. The second-order valence-electron chi connectivity index (χ2n) is 4.67. The molecule has 2 heterocycles. The van der Waals surface area contributed by atoms with Crippen LogP contribution in [-0.2, 0) is 0 Å². The number of carboxylic acid groups (broad SMARTS) is 1. The van der Waals surface area contributed by atoms with Gasteiger partial charge in [0.05, 0.1) is 22.8 Å². The first-order valence-corrected chi connectivity index (χ1v) is 6.40. The zero-order valence-corrected chi connectivity index (χ0v) is 11.0. The normalized spacial score (nSPS) is 21.1. The summed E-state index contributed by atoms with van der Waals surface area (Å²) in [6.07, 6.45) is -1.48. The number of carbonyl (C=O) groups excluding carboxylic acids is 1. The predicted octanol–water partition coefficient (Wildman–Crippen LogP) is 1.35. The van der Waals surface area contributed by atoms with Crippen molar-refractivity contribution in [2.24, 2.45) is 0 Å². The van der Waals surface area contributed by atoms with Crippen LogP contribution in [0.2, 0.25) is 5.02 Å². The minimum Gasteiger partial charge on any atom is -0.465 e. The fourth-order valence-corrected chi connectivity index (χ4v) is 2.83. The topological polar surface area (TPSA) is 72.9 Å². The van der Waals surface area contributed by atoms with E-state index in [0.717, 1.165) is 0 Å². The number of piperazine rings is 1. The van der Waals surface area contributed by atoms with Gasteiger partial charge in [0, 0.05) is 13.1 Å². The SMILES string of the molecule is O=C1NC2CN(C(=O)O)CCN2c2ccc(F)c(Cl)c21. The number of carbonyl (C=O) groups is 2. The summed E-state index contributed by atoms with van der Waals surface area (Å²) in [5.74, 6) is -1.14. The molecule has 1 fully saturated rings. The number of benzene rings is 1. The van der Waals surface area contributed by atoms with Crippen molar-refractivity contribution in [2.75, 3.05) is 24.5 Å². The van der Waals surface area contributed by atoms with Gasteiger partial charge in [0.25, 0.3) is 5.91 Å². The van der Waals surface area contributed by atoms with Crippen LogP contribution in [0.25, 0.3) is 0 Å². The molecule has 3 rings (SSSR count). The van der Waals surface area contributed by atoms with Crippen LogP contribution in [0.3, 0.4) is 0 Å². The van der Waals surface area contributed by atoms with Gasteiger partial charge < -0.3 is 20.2 Å². The summed E-state index contributed by atoms with van der Waals surface area (Å²) < 4.78 is 13.5. The van der Waals surface area contributed by atoms with Crippen molar-refractivity contribution in [3.05, 3.63) is 28.5 Å². The molecule has 0 aliphatic carbocycles. The molecule has 1 aromatic carbocycles. The number of hydrogen-bond acceptors (Lipinski definition) is 3. The van der Waals surface area contributed by atoms with Gasteiger partial charge in [-0.25, -0.2) is 9.18 Å². The van der Waals surface area contributed by atoms with Gasteiger partial charge in [-0.3, -0.25) is 4.79 Å². The monoisotopic (exact) mass is 299 g/mol. The smallest absolute Gasteiger partial charge is 0.407 e. The molecule has 2 aliphatic heterocycles. The molecule has 0 radical (unpaired) electrons. The molecular formula is C12H11ClFN3O3. The molecule has 1 unspecified atom stereocenters. The number of amides is 2. The van der Waals surface area contributed by atoms with Crippen LogP contribution >= 0.6 is 11.6 Å². The van der Waals surface area contributed by atoms with Crippen LogP contribution < -0.4 is 10.2 Å². The standard InChI is InChI=1S/C12H11ClFN3O3/c13-10-6(14)1-2-7-9(10)11(18)15-8-5-16(12(19)20)3-4-17(7)8/h1-2,8H,3-5H2,(H,15,18)(H,19,20). The summed E-state index contributed by atoms with van der Waals surface area (Å²) >= 11 is 5.85. The Bertz CT molecular complexity index is 610. The maximum Gasteiger partial charge on any atom is 0.407 e. The number of nitrogens with zero attached hydrogens (tertiary/aromatic N) is 2. The van der Waals surface area contributed by atoms with Crippen LogP contribution in [0, 0.1) is 5.82 Å². The van der Waals surface area contributed by atoms with Crippen LogP contribution in [0.4, 0.5) is 14.9 Å². The van der Waals surface area contributed by atoms with Gasteiger partial charge in [0.15, 0.2) is 0 Å². The Kier molecular flexibility index (Phi) is 2.93. The molecule has 0 spiro atoms. The first-order valence-electron chi connectivity index (χ1n) is 6.02. The molecule has 0 aromatic heterocycles. The van der Waals surface area contributed by atoms with E-state index in [-0.39, 0.29) is 17.1 Å². The van der Waals surface area contributed by atoms with Crippen LogP contribution in [-0.4, -0.2) is 47.8 Å². The lowest BCUT2D eigenvalue weighted by Crippen LogP contribution is -2.63. The van der Waals surface area contributed by atoms with Crippen molar-refractivity contribution in [3.63, 3.8) is 0 Å². The highest BCUT2D eigenvalue weighted by atomic mass is 35.5. The molecule has 1 aromatic rings. The van der Waals surface area contributed by atoms with E-state index >= 15 is 0 Å². The third kappa shape index (κ3) is 1.85. The Balaban J connectivity index is 1.99. The summed E-state index contributed by atoms with van der Waals surface area (Å²) in [6, 6.07) is 2.71. The molecule has 6 nitrogen and oxygen atoms in total. The molecule has 0 saturated carbocycles. The maximum absolute atomic E-state index is 13.5. The minimum absolute atomic E-state index is 0.103. The third-order valence-corrected chi connectivity index (χ3v) is 3.93. The van der Waals surface area contributed by atoms with Gasteiger partial charge in [-0.05, 0) is 12.1 Å². The molecule has 1 saturated heterocycles. The van der Waals surface area contributed by atoms with Crippen molar-refractivity contribution < 1.29 is 19.1 Å². The Morgan fingerprint density at radius 2 is 2.20 bits per heavy atom. The maximum atomic E-state index is 13.5. The van der Waals surface area contributed by atoms with E-state index in [4.69, 9.17) is 16.7 Å². The number of hydrogen-bond donors (Lipinski definition) is 2. The molecule has 2 amide bonds. The predicted molar refractivity (Wildman–Crippen MR) is 69.6 cm³/mol. The van der Waals surface area contributed by atoms with E-state index in [1.807, 2.05) is 4.90 Å². The number of fused-ring (bicyclic) bond motifs is 3. The van der Waals surface area contributed by atoms with Crippen LogP contribution in [0.5, 0.6) is 0 Å². The first-order chi connectivity index (χ1) is 9.49. The van der Waals surface area contributed by atoms with Gasteiger partial charge in [-0.2, -0.15) is 0 Å². The summed E-state index contributed by atoms with van der Waals surface area (Å²) in [4.78, 5) is 26.1. The minimum atomic E-state index is -1.03. The highest BCUT2D eigenvalue weighted by Crippen LogP contribution is 2.34. The van der Waals surface area contributed by atoms with Crippen molar-refractivity contribution in [2.45, 2.75) is 6.17 Å². The molecule has 106 valence electrons.